The van der Waals surface area contributed by atoms with Gasteiger partial charge in [0, 0.05) is 10.9 Å². The number of anilines is 1. The van der Waals surface area contributed by atoms with E-state index in [1.165, 1.54) is 36.6 Å². The standard InChI is InChI=1S/C15H16F2N2O3S/c1-8(2)10-7-23-15(18-10)19-13(20)9-4-5-11(21-3)12(6-9)22-14(16)17/h4-8,14H,1-3H3,(H,18,19,20). The number of rotatable bonds is 6. The molecule has 0 fully saturated rings. The van der Waals surface area contributed by atoms with Gasteiger partial charge in [0.05, 0.1) is 12.8 Å². The van der Waals surface area contributed by atoms with Crippen LogP contribution in [-0.4, -0.2) is 24.6 Å². The maximum Gasteiger partial charge on any atom is 0.387 e. The average Bonchev–Trinajstić information content (AvgIpc) is 2.95. The second-order valence-electron chi connectivity index (χ2n) is 4.93. The molecule has 1 N–H and O–H groups in total. The Bertz CT molecular complexity index is 689. The minimum atomic E-state index is -3.00. The molecule has 2 aromatic rings. The first-order valence-electron chi connectivity index (χ1n) is 6.80. The van der Waals surface area contributed by atoms with Crippen LogP contribution in [0.4, 0.5) is 13.9 Å². The van der Waals surface area contributed by atoms with Crippen molar-refractivity contribution in [2.45, 2.75) is 26.4 Å². The Hall–Kier alpha value is -2.22. The van der Waals surface area contributed by atoms with Crippen molar-refractivity contribution in [2.75, 3.05) is 12.4 Å². The number of amides is 1. The highest BCUT2D eigenvalue weighted by atomic mass is 32.1. The smallest absolute Gasteiger partial charge is 0.387 e. The number of alkyl halides is 2. The molecule has 0 bridgehead atoms. The topological polar surface area (TPSA) is 60.5 Å². The fraction of sp³-hybridized carbons (Fsp3) is 0.333. The van der Waals surface area contributed by atoms with Crippen LogP contribution in [0.25, 0.3) is 0 Å². The summed E-state index contributed by atoms with van der Waals surface area (Å²) >= 11 is 1.30. The van der Waals surface area contributed by atoms with Gasteiger partial charge in [-0.2, -0.15) is 8.78 Å². The second-order valence-corrected chi connectivity index (χ2v) is 5.79. The molecule has 0 unspecified atom stereocenters. The van der Waals surface area contributed by atoms with Gasteiger partial charge in [-0.05, 0) is 24.1 Å². The third-order valence-corrected chi connectivity index (χ3v) is 3.75. The summed E-state index contributed by atoms with van der Waals surface area (Å²) in [5.41, 5.74) is 1.05. The molecule has 0 atom stereocenters. The Morgan fingerprint density at radius 3 is 2.61 bits per heavy atom. The first kappa shape index (κ1) is 17.1. The van der Waals surface area contributed by atoms with Crippen LogP contribution >= 0.6 is 11.3 Å². The van der Waals surface area contributed by atoms with Gasteiger partial charge in [-0.25, -0.2) is 4.98 Å². The Morgan fingerprint density at radius 1 is 1.30 bits per heavy atom. The maximum absolute atomic E-state index is 12.4. The molecule has 1 amide bonds. The van der Waals surface area contributed by atoms with Crippen molar-refractivity contribution in [3.8, 4) is 11.5 Å². The predicted molar refractivity (Wildman–Crippen MR) is 83.8 cm³/mol. The Labute approximate surface area is 136 Å². The number of hydrogen-bond acceptors (Lipinski definition) is 5. The van der Waals surface area contributed by atoms with Crippen molar-refractivity contribution in [1.29, 1.82) is 0 Å². The number of ether oxygens (including phenoxy) is 2. The van der Waals surface area contributed by atoms with Crippen molar-refractivity contribution < 1.29 is 23.0 Å². The summed E-state index contributed by atoms with van der Waals surface area (Å²) in [5, 5.41) is 4.95. The van der Waals surface area contributed by atoms with E-state index >= 15 is 0 Å². The van der Waals surface area contributed by atoms with Crippen LogP contribution in [0.1, 0.15) is 35.8 Å². The highest BCUT2D eigenvalue weighted by Crippen LogP contribution is 2.30. The number of hydrogen-bond donors (Lipinski definition) is 1. The third kappa shape index (κ3) is 4.38. The van der Waals surface area contributed by atoms with E-state index in [1.807, 2.05) is 19.2 Å². The summed E-state index contributed by atoms with van der Waals surface area (Å²) in [6, 6.07) is 4.06. The van der Waals surface area contributed by atoms with Gasteiger partial charge < -0.3 is 9.47 Å². The zero-order chi connectivity index (χ0) is 17.0. The van der Waals surface area contributed by atoms with Gasteiger partial charge in [0.25, 0.3) is 5.91 Å². The van der Waals surface area contributed by atoms with E-state index in [1.54, 1.807) is 0 Å². The molecule has 8 heteroatoms. The largest absolute Gasteiger partial charge is 0.493 e. The van der Waals surface area contributed by atoms with Crippen LogP contribution in [0, 0.1) is 0 Å². The lowest BCUT2D eigenvalue weighted by atomic mass is 10.2. The summed E-state index contributed by atoms with van der Waals surface area (Å²) in [4.78, 5) is 16.5. The molecule has 0 aliphatic heterocycles. The quantitative estimate of drug-likeness (QED) is 0.857. The van der Waals surface area contributed by atoms with Crippen LogP contribution < -0.4 is 14.8 Å². The monoisotopic (exact) mass is 342 g/mol. The van der Waals surface area contributed by atoms with Crippen molar-refractivity contribution >= 4 is 22.4 Å². The Morgan fingerprint density at radius 2 is 2.04 bits per heavy atom. The Kier molecular flexibility index (Phi) is 5.49. The van der Waals surface area contributed by atoms with Crippen molar-refractivity contribution in [3.63, 3.8) is 0 Å². The lowest BCUT2D eigenvalue weighted by molar-refractivity contribution is -0.0512. The molecular formula is C15H16F2N2O3S. The molecule has 0 radical (unpaired) electrons. The molecule has 1 aromatic heterocycles. The van der Waals surface area contributed by atoms with E-state index in [0.29, 0.717) is 5.13 Å². The molecule has 0 saturated heterocycles. The van der Waals surface area contributed by atoms with Gasteiger partial charge in [0.1, 0.15) is 0 Å². The SMILES string of the molecule is COc1ccc(C(=O)Nc2nc(C(C)C)cs2)cc1OC(F)F. The number of carbonyl (C=O) groups is 1. The normalized spacial score (nSPS) is 10.9. The van der Waals surface area contributed by atoms with Crippen molar-refractivity contribution in [3.05, 3.63) is 34.8 Å². The highest BCUT2D eigenvalue weighted by Gasteiger charge is 2.16. The molecule has 1 heterocycles. The number of nitrogens with one attached hydrogen (secondary N) is 1. The van der Waals surface area contributed by atoms with E-state index in [9.17, 15) is 13.6 Å². The second kappa shape index (κ2) is 7.36. The van der Waals surface area contributed by atoms with Gasteiger partial charge >= 0.3 is 6.61 Å². The van der Waals surface area contributed by atoms with Crippen LogP contribution in [0.5, 0.6) is 11.5 Å². The summed E-state index contributed by atoms with van der Waals surface area (Å²) < 4.78 is 34.1. The van der Waals surface area contributed by atoms with Crippen LogP contribution in [-0.2, 0) is 0 Å². The van der Waals surface area contributed by atoms with E-state index in [-0.39, 0.29) is 23.0 Å². The zero-order valence-electron chi connectivity index (χ0n) is 12.8. The van der Waals surface area contributed by atoms with Gasteiger partial charge in [0.15, 0.2) is 16.6 Å². The van der Waals surface area contributed by atoms with Crippen LogP contribution in [0.15, 0.2) is 23.6 Å². The predicted octanol–water partition coefficient (Wildman–Crippen LogP) is 4.13. The van der Waals surface area contributed by atoms with Gasteiger partial charge in [-0.3, -0.25) is 10.1 Å². The van der Waals surface area contributed by atoms with E-state index < -0.39 is 12.5 Å². The van der Waals surface area contributed by atoms with Gasteiger partial charge in [0.2, 0.25) is 0 Å². The maximum atomic E-state index is 12.4. The minimum Gasteiger partial charge on any atom is -0.493 e. The summed E-state index contributed by atoms with van der Waals surface area (Å²) in [5.74, 6) is -0.282. The summed E-state index contributed by atoms with van der Waals surface area (Å²) in [7, 11) is 1.33. The number of methoxy groups -OCH3 is 1. The van der Waals surface area contributed by atoms with E-state index in [2.05, 4.69) is 15.0 Å². The lowest BCUT2D eigenvalue weighted by Crippen LogP contribution is -2.13. The van der Waals surface area contributed by atoms with Crippen molar-refractivity contribution in [1.82, 2.24) is 4.98 Å². The molecule has 23 heavy (non-hydrogen) atoms. The van der Waals surface area contributed by atoms with Crippen molar-refractivity contribution in [2.24, 2.45) is 0 Å². The first-order chi connectivity index (χ1) is 10.9. The highest BCUT2D eigenvalue weighted by molar-refractivity contribution is 7.14. The van der Waals surface area contributed by atoms with Gasteiger partial charge in [-0.1, -0.05) is 13.8 Å². The summed E-state index contributed by atoms with van der Waals surface area (Å²) in [6.07, 6.45) is 0. The molecule has 5 nitrogen and oxygen atoms in total. The number of aromatic nitrogens is 1. The van der Waals surface area contributed by atoms with Crippen LogP contribution in [0.2, 0.25) is 0 Å². The number of benzene rings is 1. The molecule has 0 spiro atoms. The Balaban J connectivity index is 2.17. The molecule has 2 rings (SSSR count). The minimum absolute atomic E-state index is 0.123. The summed E-state index contributed by atoms with van der Waals surface area (Å²) in [6.45, 7) is 0.991. The molecule has 0 aliphatic carbocycles. The number of carbonyl (C=O) groups excluding carboxylic acids is 1. The van der Waals surface area contributed by atoms with Crippen LogP contribution in [0.3, 0.4) is 0 Å². The average molecular weight is 342 g/mol. The first-order valence-corrected chi connectivity index (χ1v) is 7.68. The number of thiazole rings is 1. The number of nitrogens with zero attached hydrogens (tertiary/aromatic N) is 1. The molecule has 0 aliphatic rings. The third-order valence-electron chi connectivity index (χ3n) is 2.98. The molecule has 124 valence electrons. The van der Waals surface area contributed by atoms with E-state index in [0.717, 1.165) is 5.69 Å². The fourth-order valence-corrected chi connectivity index (χ4v) is 2.65. The molecule has 1 aromatic carbocycles. The lowest BCUT2D eigenvalue weighted by Gasteiger charge is -2.11. The molecule has 0 saturated carbocycles. The van der Waals surface area contributed by atoms with E-state index in [4.69, 9.17) is 4.74 Å². The zero-order valence-corrected chi connectivity index (χ0v) is 13.6. The number of halogens is 2. The molecular weight excluding hydrogens is 326 g/mol. The van der Waals surface area contributed by atoms with Gasteiger partial charge in [-0.15, -0.1) is 11.3 Å². The fourth-order valence-electron chi connectivity index (χ4n) is 1.78.